The van der Waals surface area contributed by atoms with E-state index in [0.717, 1.165) is 90.4 Å². The largest absolute Gasteiger partial charge is 0.372 e. The monoisotopic (exact) mass is 849 g/mol. The first-order chi connectivity index (χ1) is 30.4. The highest BCUT2D eigenvalue weighted by Crippen LogP contribution is 2.33. The fraction of sp³-hybridized carbons (Fsp3) is 0.396. The van der Waals surface area contributed by atoms with Crippen LogP contribution in [-0.4, -0.2) is 100 Å². The highest BCUT2D eigenvalue weighted by molar-refractivity contribution is 6.05. The van der Waals surface area contributed by atoms with Crippen LogP contribution >= 0.6 is 0 Å². The van der Waals surface area contributed by atoms with Gasteiger partial charge in [0, 0.05) is 104 Å². The predicted octanol–water partition coefficient (Wildman–Crippen LogP) is 7.26. The fourth-order valence-corrected chi connectivity index (χ4v) is 9.00. The quantitative estimate of drug-likeness (QED) is 0.127. The van der Waals surface area contributed by atoms with Gasteiger partial charge in [0.05, 0.1) is 11.7 Å². The first kappa shape index (κ1) is 41.7. The van der Waals surface area contributed by atoms with Crippen LogP contribution in [0.2, 0.25) is 0 Å². The van der Waals surface area contributed by atoms with E-state index >= 15 is 0 Å². The number of carbonyl (C=O) groups excluding carboxylic acids is 3. The molecule has 326 valence electrons. The van der Waals surface area contributed by atoms with Crippen LogP contribution in [0.5, 0.6) is 0 Å². The van der Waals surface area contributed by atoms with Crippen molar-refractivity contribution in [2.24, 2.45) is 5.92 Å². The molecule has 3 saturated heterocycles. The molecule has 0 unspecified atom stereocenters. The number of urea groups is 1. The van der Waals surface area contributed by atoms with Gasteiger partial charge in [0.25, 0.3) is 11.7 Å². The molecule has 15 heteroatoms. The van der Waals surface area contributed by atoms with E-state index in [9.17, 15) is 14.4 Å². The summed E-state index contributed by atoms with van der Waals surface area (Å²) < 4.78 is 5.32. The van der Waals surface area contributed by atoms with Gasteiger partial charge in [0.1, 0.15) is 0 Å². The molecule has 6 aromatic rings. The van der Waals surface area contributed by atoms with Crippen molar-refractivity contribution in [3.63, 3.8) is 0 Å². The molecule has 3 aromatic carbocycles. The maximum Gasteiger partial charge on any atom is 0.328 e. The van der Waals surface area contributed by atoms with Crippen LogP contribution in [0.3, 0.4) is 0 Å². The maximum absolute atomic E-state index is 13.0. The molecule has 9 rings (SSSR count). The van der Waals surface area contributed by atoms with E-state index in [2.05, 4.69) is 94.2 Å². The molecule has 3 N–H and O–H groups in total. The summed E-state index contributed by atoms with van der Waals surface area (Å²) in [5.41, 5.74) is 9.56. The lowest BCUT2D eigenvalue weighted by molar-refractivity contribution is -0.120. The second-order valence-corrected chi connectivity index (χ2v) is 18.2. The Morgan fingerprint density at radius 1 is 0.841 bits per heavy atom. The smallest absolute Gasteiger partial charge is 0.328 e. The summed E-state index contributed by atoms with van der Waals surface area (Å²) in [7, 11) is 0. The number of aromatic nitrogens is 5. The third kappa shape index (κ3) is 9.01. The molecule has 0 saturated carbocycles. The van der Waals surface area contributed by atoms with E-state index in [4.69, 9.17) is 9.51 Å². The lowest BCUT2D eigenvalue weighted by Crippen LogP contribution is -2.49. The van der Waals surface area contributed by atoms with Crippen LogP contribution < -0.4 is 25.3 Å². The number of hydrogen-bond acceptors (Lipinski definition) is 11. The summed E-state index contributed by atoms with van der Waals surface area (Å²) in [6, 6.07) is 24.7. The molecule has 0 spiro atoms. The van der Waals surface area contributed by atoms with E-state index in [1.54, 1.807) is 4.90 Å². The first-order valence-corrected chi connectivity index (χ1v) is 22.0. The Balaban J connectivity index is 0.767. The fourth-order valence-electron chi connectivity index (χ4n) is 9.00. The minimum atomic E-state index is -0.381. The van der Waals surface area contributed by atoms with Gasteiger partial charge in [-0.3, -0.25) is 29.8 Å². The van der Waals surface area contributed by atoms with Crippen LogP contribution in [0.25, 0.3) is 33.4 Å². The number of pyridine rings is 1. The third-order valence-electron chi connectivity index (χ3n) is 12.7. The van der Waals surface area contributed by atoms with Gasteiger partial charge in [-0.1, -0.05) is 50.2 Å². The molecule has 3 aliphatic rings. The van der Waals surface area contributed by atoms with Gasteiger partial charge in [0.2, 0.25) is 11.8 Å². The SMILES string of the molecule is Cc1cc(-c2[nH]nc3ncc(-c4ccc(N5CCC(CN6CCN(c7ccc(N8CCC(=O)NC8=O)cc7)CC6)CC5)cc4)cc23)ccc1[C@@H](C)NC(=O)c1noc(C(C)(C)C)n1. The Labute approximate surface area is 367 Å². The lowest BCUT2D eigenvalue weighted by Gasteiger charge is -2.40. The van der Waals surface area contributed by atoms with Gasteiger partial charge in [-0.2, -0.15) is 10.1 Å². The molecule has 0 aliphatic carbocycles. The number of rotatable bonds is 10. The Morgan fingerprint density at radius 2 is 1.51 bits per heavy atom. The van der Waals surface area contributed by atoms with Crippen molar-refractivity contribution in [1.29, 1.82) is 0 Å². The highest BCUT2D eigenvalue weighted by atomic mass is 16.5. The number of amides is 4. The molecule has 6 heterocycles. The van der Waals surface area contributed by atoms with Crippen molar-refractivity contribution in [1.82, 2.24) is 40.9 Å². The number of anilines is 3. The number of hydrogen-bond donors (Lipinski definition) is 3. The number of piperidine rings is 1. The zero-order valence-electron chi connectivity index (χ0n) is 36.6. The van der Waals surface area contributed by atoms with E-state index in [1.807, 2.05) is 65.1 Å². The molecular weight excluding hydrogens is 795 g/mol. The number of nitrogens with one attached hydrogen (secondary N) is 3. The number of aryl methyl sites for hydroxylation is 1. The number of H-pyrrole nitrogens is 1. The molecule has 3 aliphatic heterocycles. The second kappa shape index (κ2) is 17.3. The standard InChI is InChI=1S/C48H55N11O4/c1-30-26-34(8-15-39(30)31(2)50-45(61)44-52-46(63-55-44)48(3,4)5)42-40-27-35(28-49-43(40)54-53-42)33-6-9-36(10-7-33)57-19-16-32(17-20-57)29-56-22-24-58(25-23-56)37-11-13-38(14-12-37)59-21-18-41(60)51-47(59)62/h6-15,26-28,31-32H,16-25,29H2,1-5H3,(H,50,61)(H,49,53,54)(H,51,60,62)/t31-/m1/s1. The molecule has 4 amide bonds. The van der Waals surface area contributed by atoms with Crippen LogP contribution in [0, 0.1) is 12.8 Å². The highest BCUT2D eigenvalue weighted by Gasteiger charge is 2.28. The van der Waals surface area contributed by atoms with Crippen molar-refractivity contribution in [2.45, 2.75) is 65.3 Å². The van der Waals surface area contributed by atoms with Crippen LogP contribution in [0.1, 0.15) is 80.6 Å². The molecule has 15 nitrogen and oxygen atoms in total. The number of carbonyl (C=O) groups is 3. The van der Waals surface area contributed by atoms with Gasteiger partial charge < -0.3 is 19.6 Å². The molecule has 3 fully saturated rings. The zero-order valence-corrected chi connectivity index (χ0v) is 36.6. The third-order valence-corrected chi connectivity index (χ3v) is 12.7. The molecular formula is C48H55N11O4. The normalized spacial score (nSPS) is 17.3. The molecule has 0 bridgehead atoms. The Morgan fingerprint density at radius 3 is 2.17 bits per heavy atom. The number of benzene rings is 3. The minimum absolute atomic E-state index is 0.0248. The predicted molar refractivity (Wildman–Crippen MR) is 244 cm³/mol. The molecule has 3 aromatic heterocycles. The molecule has 63 heavy (non-hydrogen) atoms. The summed E-state index contributed by atoms with van der Waals surface area (Å²) in [6.07, 6.45) is 4.56. The lowest BCUT2D eigenvalue weighted by atomic mass is 9.95. The van der Waals surface area contributed by atoms with Crippen molar-refractivity contribution in [3.8, 4) is 22.4 Å². The second-order valence-electron chi connectivity index (χ2n) is 18.2. The summed E-state index contributed by atoms with van der Waals surface area (Å²) in [5.74, 6) is 0.530. The van der Waals surface area contributed by atoms with Crippen LogP contribution in [-0.2, 0) is 10.2 Å². The number of nitrogens with zero attached hydrogens (tertiary/aromatic N) is 8. The van der Waals surface area contributed by atoms with Crippen molar-refractivity contribution >= 4 is 45.9 Å². The van der Waals surface area contributed by atoms with E-state index in [-0.39, 0.29) is 35.1 Å². The minimum Gasteiger partial charge on any atom is -0.372 e. The molecule has 0 radical (unpaired) electrons. The average molecular weight is 850 g/mol. The topological polar surface area (TPSA) is 169 Å². The zero-order chi connectivity index (χ0) is 43.8. The van der Waals surface area contributed by atoms with Crippen LogP contribution in [0.15, 0.2) is 83.5 Å². The summed E-state index contributed by atoms with van der Waals surface area (Å²) in [6.45, 7) is 17.5. The van der Waals surface area contributed by atoms with Gasteiger partial charge in [0.15, 0.2) is 5.65 Å². The van der Waals surface area contributed by atoms with Gasteiger partial charge in [-0.25, -0.2) is 9.78 Å². The van der Waals surface area contributed by atoms with Gasteiger partial charge >= 0.3 is 6.03 Å². The maximum atomic E-state index is 13.0. The van der Waals surface area contributed by atoms with Crippen molar-refractivity contribution in [2.75, 3.05) is 67.1 Å². The molecule has 1 atom stereocenters. The Hall–Kier alpha value is -6.61. The van der Waals surface area contributed by atoms with Gasteiger partial charge in [-0.05, 0) is 97.8 Å². The first-order valence-electron chi connectivity index (χ1n) is 22.0. The van der Waals surface area contributed by atoms with Crippen molar-refractivity contribution in [3.05, 3.63) is 102 Å². The Kier molecular flexibility index (Phi) is 11.4. The van der Waals surface area contributed by atoms with E-state index in [0.29, 0.717) is 30.4 Å². The van der Waals surface area contributed by atoms with Crippen molar-refractivity contribution < 1.29 is 18.9 Å². The van der Waals surface area contributed by atoms with E-state index < -0.39 is 0 Å². The average Bonchev–Trinajstić information content (AvgIpc) is 3.96. The number of fused-ring (bicyclic) bond motifs is 1. The van der Waals surface area contributed by atoms with Gasteiger partial charge in [-0.15, -0.1) is 0 Å². The van der Waals surface area contributed by atoms with Crippen LogP contribution in [0.4, 0.5) is 21.9 Å². The van der Waals surface area contributed by atoms with E-state index in [1.165, 1.54) is 24.2 Å². The number of aromatic amines is 1. The summed E-state index contributed by atoms with van der Waals surface area (Å²) in [5, 5.41) is 18.0. The number of imide groups is 1. The Bertz CT molecular complexity index is 2620. The summed E-state index contributed by atoms with van der Waals surface area (Å²) >= 11 is 0. The summed E-state index contributed by atoms with van der Waals surface area (Å²) in [4.78, 5) is 54.9. The number of piperazine rings is 1.